The van der Waals surface area contributed by atoms with Gasteiger partial charge in [-0.15, -0.1) is 0 Å². The number of H-pyrrole nitrogens is 1. The summed E-state index contributed by atoms with van der Waals surface area (Å²) in [5.74, 6) is 0.294. The number of hydrogen-bond donors (Lipinski definition) is 2. The van der Waals surface area contributed by atoms with Crippen LogP contribution in [0.4, 0.5) is 10.2 Å². The number of hydrogen-bond acceptors (Lipinski definition) is 6. The molecule has 6 rings (SSSR count). The van der Waals surface area contributed by atoms with E-state index in [1.807, 2.05) is 11.1 Å². The molecule has 2 aliphatic rings. The summed E-state index contributed by atoms with van der Waals surface area (Å²) in [6.45, 7) is 8.37. The van der Waals surface area contributed by atoms with Crippen LogP contribution in [0.15, 0.2) is 18.7 Å². The van der Waals surface area contributed by atoms with E-state index >= 15 is 4.39 Å². The second kappa shape index (κ2) is 7.00. The summed E-state index contributed by atoms with van der Waals surface area (Å²) in [6, 6.07) is 0. The number of piperazine rings is 1. The lowest BCUT2D eigenvalue weighted by atomic mass is 9.94. The fourth-order valence-corrected chi connectivity index (χ4v) is 4.89. The SMILES string of the molecule is CC(C)c1c(-c2cn3ncnc3c3c2COC3)[nH]c2cnc(N3CCNCC3)c(F)c12. The van der Waals surface area contributed by atoms with Gasteiger partial charge in [-0.3, -0.25) is 0 Å². The number of rotatable bonds is 3. The summed E-state index contributed by atoms with van der Waals surface area (Å²) >= 11 is 0. The molecule has 0 aliphatic carbocycles. The highest BCUT2D eigenvalue weighted by Gasteiger charge is 2.28. The van der Waals surface area contributed by atoms with Crippen molar-refractivity contribution in [2.75, 3.05) is 31.1 Å². The van der Waals surface area contributed by atoms with Crippen LogP contribution in [0.25, 0.3) is 27.8 Å². The predicted octanol–water partition coefficient (Wildman–Crippen LogP) is 2.97. The largest absolute Gasteiger partial charge is 0.372 e. The van der Waals surface area contributed by atoms with Crippen LogP contribution >= 0.6 is 0 Å². The molecule has 9 heteroatoms. The minimum absolute atomic E-state index is 0.112. The van der Waals surface area contributed by atoms with E-state index in [1.54, 1.807) is 17.0 Å². The van der Waals surface area contributed by atoms with E-state index in [9.17, 15) is 0 Å². The van der Waals surface area contributed by atoms with Gasteiger partial charge in [0.1, 0.15) is 6.33 Å². The quantitative estimate of drug-likeness (QED) is 0.529. The third kappa shape index (κ3) is 2.76. The van der Waals surface area contributed by atoms with Crippen molar-refractivity contribution in [2.45, 2.75) is 33.0 Å². The summed E-state index contributed by atoms with van der Waals surface area (Å²) in [6.07, 6.45) is 5.28. The number of pyridine rings is 2. The molecule has 31 heavy (non-hydrogen) atoms. The van der Waals surface area contributed by atoms with Crippen molar-refractivity contribution >= 4 is 22.4 Å². The van der Waals surface area contributed by atoms with E-state index < -0.39 is 0 Å². The Balaban J connectivity index is 1.61. The van der Waals surface area contributed by atoms with Gasteiger partial charge >= 0.3 is 0 Å². The Morgan fingerprint density at radius 2 is 1.94 bits per heavy atom. The smallest absolute Gasteiger partial charge is 0.175 e. The van der Waals surface area contributed by atoms with Crippen molar-refractivity contribution in [2.24, 2.45) is 0 Å². The number of nitrogens with zero attached hydrogens (tertiary/aromatic N) is 5. The standard InChI is InChI=1S/C22H24FN7O/c1-12(2)17-18-16(7-25-22(19(18)23)29-5-3-24-4-6-29)28-20(17)13-8-30-21(26-11-27-30)15-10-31-9-14(13)15/h7-8,11-12,24,28H,3-6,9-10H2,1-2H3. The Kier molecular flexibility index (Phi) is 4.22. The lowest BCUT2D eigenvalue weighted by Gasteiger charge is -2.28. The third-order valence-corrected chi connectivity index (χ3v) is 6.34. The van der Waals surface area contributed by atoms with Crippen molar-refractivity contribution in [1.82, 2.24) is 29.9 Å². The Labute approximate surface area is 178 Å². The van der Waals surface area contributed by atoms with Gasteiger partial charge in [0.25, 0.3) is 0 Å². The molecule has 4 aromatic rings. The lowest BCUT2D eigenvalue weighted by molar-refractivity contribution is 0.135. The first-order valence-electron chi connectivity index (χ1n) is 10.7. The lowest BCUT2D eigenvalue weighted by Crippen LogP contribution is -2.44. The molecule has 6 heterocycles. The molecule has 1 saturated heterocycles. The highest BCUT2D eigenvalue weighted by molar-refractivity contribution is 5.94. The zero-order chi connectivity index (χ0) is 21.1. The summed E-state index contributed by atoms with van der Waals surface area (Å²) in [5.41, 5.74) is 6.50. The molecule has 0 amide bonds. The van der Waals surface area contributed by atoms with Crippen molar-refractivity contribution in [3.8, 4) is 11.3 Å². The molecule has 4 aromatic heterocycles. The molecule has 0 atom stereocenters. The van der Waals surface area contributed by atoms with E-state index in [-0.39, 0.29) is 11.7 Å². The maximum Gasteiger partial charge on any atom is 0.175 e. The predicted molar refractivity (Wildman–Crippen MR) is 116 cm³/mol. The summed E-state index contributed by atoms with van der Waals surface area (Å²) in [4.78, 5) is 14.4. The Hall–Kier alpha value is -3.04. The fourth-order valence-electron chi connectivity index (χ4n) is 4.89. The van der Waals surface area contributed by atoms with Crippen LogP contribution in [0.2, 0.25) is 0 Å². The molecular weight excluding hydrogens is 397 g/mol. The molecule has 8 nitrogen and oxygen atoms in total. The Morgan fingerprint density at radius 1 is 1.13 bits per heavy atom. The van der Waals surface area contributed by atoms with Crippen molar-refractivity contribution in [3.05, 3.63) is 41.2 Å². The number of aromatic amines is 1. The maximum atomic E-state index is 15.9. The van der Waals surface area contributed by atoms with E-state index in [4.69, 9.17) is 4.74 Å². The molecule has 2 aliphatic heterocycles. The topological polar surface area (TPSA) is 83.4 Å². The third-order valence-electron chi connectivity index (χ3n) is 6.34. The summed E-state index contributed by atoms with van der Waals surface area (Å²) in [7, 11) is 0. The van der Waals surface area contributed by atoms with Gasteiger partial charge in [0, 0.05) is 48.9 Å². The first-order chi connectivity index (χ1) is 15.1. The monoisotopic (exact) mass is 421 g/mol. The van der Waals surface area contributed by atoms with E-state index in [0.717, 1.165) is 59.8 Å². The van der Waals surface area contributed by atoms with Gasteiger partial charge in [-0.1, -0.05) is 13.8 Å². The van der Waals surface area contributed by atoms with Crippen LogP contribution in [-0.4, -0.2) is 50.7 Å². The normalized spacial score (nSPS) is 16.7. The van der Waals surface area contributed by atoms with Gasteiger partial charge in [-0.2, -0.15) is 5.10 Å². The van der Waals surface area contributed by atoms with Crippen LogP contribution < -0.4 is 10.2 Å². The van der Waals surface area contributed by atoms with Gasteiger partial charge in [0.2, 0.25) is 0 Å². The molecule has 0 radical (unpaired) electrons. The highest BCUT2D eigenvalue weighted by Crippen LogP contribution is 2.41. The van der Waals surface area contributed by atoms with Crippen molar-refractivity contribution in [1.29, 1.82) is 0 Å². The Morgan fingerprint density at radius 3 is 2.74 bits per heavy atom. The van der Waals surface area contributed by atoms with Crippen molar-refractivity contribution in [3.63, 3.8) is 0 Å². The number of anilines is 1. The van der Waals surface area contributed by atoms with Crippen LogP contribution in [0.3, 0.4) is 0 Å². The summed E-state index contributed by atoms with van der Waals surface area (Å²) in [5, 5.41) is 8.27. The molecule has 0 saturated carbocycles. The fraction of sp³-hybridized carbons (Fsp3) is 0.409. The molecule has 2 N–H and O–H groups in total. The van der Waals surface area contributed by atoms with Crippen LogP contribution in [0, 0.1) is 5.82 Å². The molecule has 1 fully saturated rings. The van der Waals surface area contributed by atoms with Gasteiger partial charge in [0.15, 0.2) is 17.3 Å². The van der Waals surface area contributed by atoms with E-state index in [2.05, 4.69) is 39.2 Å². The van der Waals surface area contributed by atoms with Gasteiger partial charge in [0.05, 0.1) is 30.6 Å². The number of halogens is 1. The maximum absolute atomic E-state index is 15.9. The number of nitrogens with one attached hydrogen (secondary N) is 2. The molecule has 0 bridgehead atoms. The summed E-state index contributed by atoms with van der Waals surface area (Å²) < 4.78 is 23.4. The number of ether oxygens (including phenoxy) is 1. The first-order valence-corrected chi connectivity index (χ1v) is 10.7. The van der Waals surface area contributed by atoms with E-state index in [1.165, 1.54) is 0 Å². The van der Waals surface area contributed by atoms with Gasteiger partial charge in [-0.05, 0) is 17.0 Å². The molecule has 160 valence electrons. The van der Waals surface area contributed by atoms with Gasteiger partial charge in [-0.25, -0.2) is 18.9 Å². The highest BCUT2D eigenvalue weighted by atomic mass is 19.1. The van der Waals surface area contributed by atoms with Gasteiger partial charge < -0.3 is 19.9 Å². The number of fused-ring (bicyclic) bond motifs is 4. The van der Waals surface area contributed by atoms with Crippen LogP contribution in [-0.2, 0) is 18.0 Å². The minimum Gasteiger partial charge on any atom is -0.372 e. The second-order valence-corrected chi connectivity index (χ2v) is 8.51. The molecule has 0 aromatic carbocycles. The molecule has 0 unspecified atom stereocenters. The minimum atomic E-state index is -0.250. The van der Waals surface area contributed by atoms with Crippen LogP contribution in [0.5, 0.6) is 0 Å². The second-order valence-electron chi connectivity index (χ2n) is 8.51. The average molecular weight is 421 g/mol. The number of aromatic nitrogens is 5. The first kappa shape index (κ1) is 18.7. The zero-order valence-corrected chi connectivity index (χ0v) is 17.6. The molecular formula is C22H24FN7O. The van der Waals surface area contributed by atoms with Crippen LogP contribution in [0.1, 0.15) is 36.5 Å². The zero-order valence-electron chi connectivity index (χ0n) is 17.6. The Bertz CT molecular complexity index is 1300. The van der Waals surface area contributed by atoms with E-state index in [0.29, 0.717) is 29.9 Å². The van der Waals surface area contributed by atoms with Crippen molar-refractivity contribution < 1.29 is 9.13 Å². The molecule has 0 spiro atoms. The average Bonchev–Trinajstić information content (AvgIpc) is 3.50.